The van der Waals surface area contributed by atoms with Crippen molar-refractivity contribution in [2.45, 2.75) is 59.1 Å². The van der Waals surface area contributed by atoms with Gasteiger partial charge in [-0.2, -0.15) is 5.10 Å². The van der Waals surface area contributed by atoms with E-state index in [1.54, 1.807) is 68.2 Å². The predicted octanol–water partition coefficient (Wildman–Crippen LogP) is 6.14. The second kappa shape index (κ2) is 13.9. The van der Waals surface area contributed by atoms with Gasteiger partial charge in [-0.15, -0.1) is 0 Å². The standard InChI is InChI=1S/C33H39N7O5/c1-32(2,3)27-18-28(38-30(42)37-23-11-15-25(16-12-23)44-26-8-7-17-34-20-26)40(39-27)24-13-9-22(10-14-24)19-35-29(41)21-36-31(43)45-33(4,5)6/h7-18,20H,19,21H2,1-6H3,(H,35,41)(H,36,43)(H2,37,38,42). The van der Waals surface area contributed by atoms with E-state index in [9.17, 15) is 14.4 Å². The molecule has 0 radical (unpaired) electrons. The third-order valence-electron chi connectivity index (χ3n) is 6.16. The fourth-order valence-corrected chi connectivity index (χ4v) is 3.95. The zero-order valence-corrected chi connectivity index (χ0v) is 26.3. The number of hydrogen-bond donors (Lipinski definition) is 4. The van der Waals surface area contributed by atoms with E-state index in [2.05, 4.69) is 26.3 Å². The summed E-state index contributed by atoms with van der Waals surface area (Å²) < 4.78 is 12.6. The zero-order valence-electron chi connectivity index (χ0n) is 26.3. The summed E-state index contributed by atoms with van der Waals surface area (Å²) in [6.07, 6.45) is 2.64. The van der Waals surface area contributed by atoms with Gasteiger partial charge in [0.25, 0.3) is 0 Å². The van der Waals surface area contributed by atoms with Gasteiger partial charge in [-0.25, -0.2) is 14.3 Å². The Morgan fingerprint density at radius 3 is 2.18 bits per heavy atom. The molecule has 0 aliphatic heterocycles. The lowest BCUT2D eigenvalue weighted by Crippen LogP contribution is -2.39. The molecule has 2 aromatic heterocycles. The molecule has 12 nitrogen and oxygen atoms in total. The largest absolute Gasteiger partial charge is 0.456 e. The maximum Gasteiger partial charge on any atom is 0.408 e. The number of hydrogen-bond acceptors (Lipinski definition) is 7. The van der Waals surface area contributed by atoms with E-state index in [4.69, 9.17) is 14.6 Å². The van der Waals surface area contributed by atoms with Crippen LogP contribution in [0.25, 0.3) is 5.69 Å². The molecule has 12 heteroatoms. The summed E-state index contributed by atoms with van der Waals surface area (Å²) in [5, 5.41) is 15.7. The van der Waals surface area contributed by atoms with E-state index in [1.165, 1.54) is 0 Å². The Kier molecular flexibility index (Phi) is 10.1. The second-order valence-corrected chi connectivity index (χ2v) is 12.3. The number of rotatable bonds is 9. The molecular formula is C33H39N7O5. The highest BCUT2D eigenvalue weighted by Crippen LogP contribution is 2.27. The van der Waals surface area contributed by atoms with Gasteiger partial charge in [0.1, 0.15) is 29.5 Å². The molecule has 45 heavy (non-hydrogen) atoms. The van der Waals surface area contributed by atoms with Gasteiger partial charge in [0.2, 0.25) is 5.91 Å². The molecule has 4 aromatic rings. The van der Waals surface area contributed by atoms with Gasteiger partial charge in [-0.3, -0.25) is 15.1 Å². The van der Waals surface area contributed by atoms with E-state index in [-0.39, 0.29) is 24.4 Å². The van der Waals surface area contributed by atoms with Crippen molar-refractivity contribution in [3.63, 3.8) is 0 Å². The maximum absolute atomic E-state index is 13.0. The van der Waals surface area contributed by atoms with Gasteiger partial charge >= 0.3 is 12.1 Å². The summed E-state index contributed by atoms with van der Waals surface area (Å²) in [7, 11) is 0. The van der Waals surface area contributed by atoms with Crippen molar-refractivity contribution in [1.29, 1.82) is 0 Å². The molecule has 0 unspecified atom stereocenters. The maximum atomic E-state index is 13.0. The van der Waals surface area contributed by atoms with Crippen LogP contribution in [-0.2, 0) is 21.5 Å². The summed E-state index contributed by atoms with van der Waals surface area (Å²) in [4.78, 5) is 41.0. The number of carbonyl (C=O) groups excluding carboxylic acids is 3. The number of anilines is 2. The Morgan fingerprint density at radius 1 is 0.844 bits per heavy atom. The molecule has 2 aromatic carbocycles. The van der Waals surface area contributed by atoms with Crippen LogP contribution in [0.3, 0.4) is 0 Å². The van der Waals surface area contributed by atoms with E-state index >= 15 is 0 Å². The molecule has 0 aliphatic rings. The highest BCUT2D eigenvalue weighted by atomic mass is 16.6. The topological polar surface area (TPSA) is 148 Å². The number of alkyl carbamates (subject to hydrolysis) is 1. The number of benzene rings is 2. The average Bonchev–Trinajstić information content (AvgIpc) is 3.40. The van der Waals surface area contributed by atoms with Crippen LogP contribution in [0.2, 0.25) is 0 Å². The first-order valence-corrected chi connectivity index (χ1v) is 14.4. The number of urea groups is 1. The van der Waals surface area contributed by atoms with Crippen molar-refractivity contribution in [2.24, 2.45) is 0 Å². The Labute approximate surface area is 262 Å². The monoisotopic (exact) mass is 613 g/mol. The Morgan fingerprint density at radius 2 is 1.56 bits per heavy atom. The number of nitrogens with zero attached hydrogens (tertiary/aromatic N) is 3. The van der Waals surface area contributed by atoms with Crippen LogP contribution < -0.4 is 26.0 Å². The van der Waals surface area contributed by atoms with Gasteiger partial charge in [-0.05, 0) is 74.9 Å². The Bertz CT molecular complexity index is 1600. The summed E-state index contributed by atoms with van der Waals surface area (Å²) in [5.74, 6) is 1.37. The Balaban J connectivity index is 1.37. The first-order valence-electron chi connectivity index (χ1n) is 14.4. The molecule has 0 spiro atoms. The molecule has 0 fully saturated rings. The van der Waals surface area contributed by atoms with Crippen LogP contribution in [-0.4, -0.2) is 44.9 Å². The number of amides is 4. The third-order valence-corrected chi connectivity index (χ3v) is 6.16. The number of ether oxygens (including phenoxy) is 2. The molecule has 236 valence electrons. The zero-order chi connectivity index (χ0) is 32.6. The van der Waals surface area contributed by atoms with Crippen molar-refractivity contribution >= 4 is 29.5 Å². The smallest absolute Gasteiger partial charge is 0.408 e. The van der Waals surface area contributed by atoms with Crippen molar-refractivity contribution < 1.29 is 23.9 Å². The summed E-state index contributed by atoms with van der Waals surface area (Å²) in [6, 6.07) is 19.4. The van der Waals surface area contributed by atoms with Crippen LogP contribution in [0.5, 0.6) is 11.5 Å². The quantitative estimate of drug-likeness (QED) is 0.177. The highest BCUT2D eigenvalue weighted by molar-refractivity contribution is 5.99. The van der Waals surface area contributed by atoms with Gasteiger partial charge in [0, 0.05) is 29.9 Å². The molecular weight excluding hydrogens is 574 g/mol. The number of aromatic nitrogens is 3. The molecule has 0 saturated heterocycles. The van der Waals surface area contributed by atoms with Crippen LogP contribution in [0.1, 0.15) is 52.8 Å². The van der Waals surface area contributed by atoms with Crippen molar-refractivity contribution in [2.75, 3.05) is 17.2 Å². The van der Waals surface area contributed by atoms with Crippen LogP contribution in [0, 0.1) is 0 Å². The lowest BCUT2D eigenvalue weighted by molar-refractivity contribution is -0.120. The molecule has 0 bridgehead atoms. The second-order valence-electron chi connectivity index (χ2n) is 12.3. The minimum absolute atomic E-state index is 0.198. The highest BCUT2D eigenvalue weighted by Gasteiger charge is 2.22. The van der Waals surface area contributed by atoms with Gasteiger partial charge in [0.05, 0.1) is 17.6 Å². The normalized spacial score (nSPS) is 11.3. The first kappa shape index (κ1) is 32.5. The molecule has 0 aliphatic carbocycles. The predicted molar refractivity (Wildman–Crippen MR) is 172 cm³/mol. The molecule has 0 saturated carbocycles. The lowest BCUT2D eigenvalue weighted by Gasteiger charge is -2.19. The molecule has 4 rings (SSSR count). The lowest BCUT2D eigenvalue weighted by atomic mass is 9.92. The van der Waals surface area contributed by atoms with Crippen LogP contribution in [0.4, 0.5) is 21.1 Å². The van der Waals surface area contributed by atoms with Gasteiger partial charge in [0.15, 0.2) is 0 Å². The summed E-state index contributed by atoms with van der Waals surface area (Å²) in [5.41, 5.74) is 2.03. The van der Waals surface area contributed by atoms with E-state index < -0.39 is 17.7 Å². The minimum atomic E-state index is -0.654. The SMILES string of the molecule is CC(C)(C)OC(=O)NCC(=O)NCc1ccc(-n2nc(C(C)(C)C)cc2NC(=O)Nc2ccc(Oc3cccnc3)cc2)cc1. The van der Waals surface area contributed by atoms with Crippen molar-refractivity contribution in [3.05, 3.63) is 90.4 Å². The summed E-state index contributed by atoms with van der Waals surface area (Å²) in [6.45, 7) is 11.4. The van der Waals surface area contributed by atoms with Gasteiger partial charge < -0.3 is 25.4 Å². The fourth-order valence-electron chi connectivity index (χ4n) is 3.95. The van der Waals surface area contributed by atoms with Crippen LogP contribution in [0.15, 0.2) is 79.1 Å². The third kappa shape index (κ3) is 10.1. The molecule has 4 N–H and O–H groups in total. The van der Waals surface area contributed by atoms with Crippen LogP contribution >= 0.6 is 0 Å². The van der Waals surface area contributed by atoms with Gasteiger partial charge in [-0.1, -0.05) is 32.9 Å². The molecule has 4 amide bonds. The Hall–Kier alpha value is -5.39. The molecule has 2 heterocycles. The minimum Gasteiger partial charge on any atom is -0.456 e. The number of nitrogens with one attached hydrogen (secondary N) is 4. The first-order chi connectivity index (χ1) is 21.2. The average molecular weight is 614 g/mol. The van der Waals surface area contributed by atoms with Crippen molar-refractivity contribution in [1.82, 2.24) is 25.4 Å². The summed E-state index contributed by atoms with van der Waals surface area (Å²) >= 11 is 0. The fraction of sp³-hybridized carbons (Fsp3) is 0.303. The van der Waals surface area contributed by atoms with E-state index in [1.807, 2.05) is 57.2 Å². The number of carbonyl (C=O) groups is 3. The van der Waals surface area contributed by atoms with E-state index in [0.717, 1.165) is 16.9 Å². The van der Waals surface area contributed by atoms with E-state index in [0.29, 0.717) is 23.0 Å². The van der Waals surface area contributed by atoms with Crippen molar-refractivity contribution in [3.8, 4) is 17.2 Å². The number of pyridine rings is 1. The molecule has 0 atom stereocenters.